The van der Waals surface area contributed by atoms with Crippen LogP contribution in [0, 0.1) is 11.8 Å². The normalized spacial score (nSPS) is 15.3. The lowest BCUT2D eigenvalue weighted by Gasteiger charge is -2.21. The molecule has 4 nitrogen and oxygen atoms in total. The summed E-state index contributed by atoms with van der Waals surface area (Å²) in [5.41, 5.74) is 0.680. The molecule has 0 spiro atoms. The third-order valence-electron chi connectivity index (χ3n) is 3.44. The Morgan fingerprint density at radius 3 is 2.44 bits per heavy atom. The van der Waals surface area contributed by atoms with E-state index in [-0.39, 0.29) is 17.4 Å². The maximum Gasteiger partial charge on any atom is 0.238 e. The summed E-state index contributed by atoms with van der Waals surface area (Å²) in [6.07, 6.45) is 1.47. The SMILES string of the molecule is CC[C@H](C)[C@@H](CO)Cc1ccccc1S(N)(=O)=O. The van der Waals surface area contributed by atoms with Gasteiger partial charge in [0.1, 0.15) is 0 Å². The van der Waals surface area contributed by atoms with Crippen LogP contribution in [0.2, 0.25) is 0 Å². The van der Waals surface area contributed by atoms with Gasteiger partial charge in [-0.15, -0.1) is 0 Å². The monoisotopic (exact) mass is 271 g/mol. The molecule has 0 aliphatic carbocycles. The maximum atomic E-state index is 11.5. The Morgan fingerprint density at radius 1 is 1.33 bits per heavy atom. The van der Waals surface area contributed by atoms with Crippen LogP contribution >= 0.6 is 0 Å². The van der Waals surface area contributed by atoms with Crippen molar-refractivity contribution in [3.05, 3.63) is 29.8 Å². The molecule has 0 saturated heterocycles. The Labute approximate surface area is 109 Å². The van der Waals surface area contributed by atoms with Crippen LogP contribution in [0.25, 0.3) is 0 Å². The van der Waals surface area contributed by atoms with Crippen molar-refractivity contribution in [1.82, 2.24) is 0 Å². The van der Waals surface area contributed by atoms with Gasteiger partial charge in [-0.2, -0.15) is 0 Å². The molecule has 0 saturated carbocycles. The van der Waals surface area contributed by atoms with Crippen molar-refractivity contribution in [2.75, 3.05) is 6.61 Å². The number of hydrogen-bond acceptors (Lipinski definition) is 3. The Bertz CT molecular complexity index is 485. The van der Waals surface area contributed by atoms with Crippen molar-refractivity contribution >= 4 is 10.0 Å². The van der Waals surface area contributed by atoms with Crippen LogP contribution in [-0.2, 0) is 16.4 Å². The molecule has 2 atom stereocenters. The molecule has 102 valence electrons. The first-order valence-electron chi connectivity index (χ1n) is 6.11. The first-order chi connectivity index (χ1) is 8.40. The number of rotatable bonds is 6. The van der Waals surface area contributed by atoms with Crippen molar-refractivity contribution in [1.29, 1.82) is 0 Å². The van der Waals surface area contributed by atoms with Crippen LogP contribution in [0.15, 0.2) is 29.2 Å². The second-order valence-corrected chi connectivity index (χ2v) is 6.21. The van der Waals surface area contributed by atoms with Gasteiger partial charge < -0.3 is 5.11 Å². The Balaban J connectivity index is 3.04. The van der Waals surface area contributed by atoms with Crippen LogP contribution in [0.3, 0.4) is 0 Å². The standard InChI is InChI=1S/C13H21NO3S/c1-3-10(2)12(9-15)8-11-6-4-5-7-13(11)18(14,16)17/h4-7,10,12,15H,3,8-9H2,1-2H3,(H2,14,16,17)/t10-,12+/m0/s1. The summed E-state index contributed by atoms with van der Waals surface area (Å²) in [6, 6.07) is 6.70. The third-order valence-corrected chi connectivity index (χ3v) is 4.46. The third kappa shape index (κ3) is 3.80. The van der Waals surface area contributed by atoms with E-state index in [4.69, 9.17) is 5.14 Å². The van der Waals surface area contributed by atoms with Gasteiger partial charge in [-0.1, -0.05) is 38.5 Å². The lowest BCUT2D eigenvalue weighted by molar-refractivity contribution is 0.178. The quantitative estimate of drug-likeness (QED) is 0.823. The number of primary sulfonamides is 1. The minimum Gasteiger partial charge on any atom is -0.396 e. The predicted molar refractivity (Wildman–Crippen MR) is 71.6 cm³/mol. The average Bonchev–Trinajstić information content (AvgIpc) is 2.34. The van der Waals surface area contributed by atoms with Gasteiger partial charge in [0.15, 0.2) is 0 Å². The molecule has 18 heavy (non-hydrogen) atoms. The Hall–Kier alpha value is -0.910. The molecule has 0 bridgehead atoms. The first kappa shape index (κ1) is 15.1. The van der Waals surface area contributed by atoms with Gasteiger partial charge >= 0.3 is 0 Å². The summed E-state index contributed by atoms with van der Waals surface area (Å²) in [5, 5.41) is 14.6. The molecule has 0 heterocycles. The van der Waals surface area contributed by atoms with Gasteiger partial charge in [-0.05, 0) is 29.9 Å². The van der Waals surface area contributed by atoms with E-state index in [2.05, 4.69) is 13.8 Å². The fourth-order valence-electron chi connectivity index (χ4n) is 2.01. The summed E-state index contributed by atoms with van der Waals surface area (Å²) >= 11 is 0. The lowest BCUT2D eigenvalue weighted by atomic mass is 9.87. The molecular weight excluding hydrogens is 250 g/mol. The number of benzene rings is 1. The van der Waals surface area contributed by atoms with Gasteiger partial charge in [-0.3, -0.25) is 0 Å². The van der Waals surface area contributed by atoms with Crippen LogP contribution in [0.5, 0.6) is 0 Å². The van der Waals surface area contributed by atoms with E-state index in [1.165, 1.54) is 6.07 Å². The molecule has 1 aromatic rings. The molecule has 0 amide bonds. The van der Waals surface area contributed by atoms with Crippen LogP contribution < -0.4 is 5.14 Å². The van der Waals surface area contributed by atoms with Gasteiger partial charge in [0, 0.05) is 6.61 Å². The highest BCUT2D eigenvalue weighted by atomic mass is 32.2. The molecule has 0 fully saturated rings. The highest BCUT2D eigenvalue weighted by Gasteiger charge is 2.20. The predicted octanol–water partition coefficient (Wildman–Crippen LogP) is 1.53. The number of sulfonamides is 1. The topological polar surface area (TPSA) is 80.4 Å². The number of nitrogens with two attached hydrogens (primary N) is 1. The molecule has 0 unspecified atom stereocenters. The minimum atomic E-state index is -3.70. The van der Waals surface area contributed by atoms with E-state index in [0.29, 0.717) is 17.9 Å². The van der Waals surface area contributed by atoms with Crippen molar-refractivity contribution in [2.24, 2.45) is 17.0 Å². The molecule has 1 aromatic carbocycles. The molecule has 3 N–H and O–H groups in total. The number of aliphatic hydroxyl groups excluding tert-OH is 1. The molecule has 5 heteroatoms. The molecule has 0 aliphatic rings. The second kappa shape index (κ2) is 6.31. The van der Waals surface area contributed by atoms with E-state index < -0.39 is 10.0 Å². The summed E-state index contributed by atoms with van der Waals surface area (Å²) in [4.78, 5) is 0.159. The number of aliphatic hydroxyl groups is 1. The highest BCUT2D eigenvalue weighted by molar-refractivity contribution is 7.89. The highest BCUT2D eigenvalue weighted by Crippen LogP contribution is 2.23. The van der Waals surface area contributed by atoms with E-state index in [1.54, 1.807) is 18.2 Å². The van der Waals surface area contributed by atoms with Crippen LogP contribution in [0.4, 0.5) is 0 Å². The molecular formula is C13H21NO3S. The van der Waals surface area contributed by atoms with E-state index in [1.807, 2.05) is 0 Å². The molecule has 0 aromatic heterocycles. The minimum absolute atomic E-state index is 0.0496. The van der Waals surface area contributed by atoms with Crippen LogP contribution in [-0.4, -0.2) is 20.1 Å². The summed E-state index contributed by atoms with van der Waals surface area (Å²) < 4.78 is 23.0. The van der Waals surface area contributed by atoms with Crippen molar-refractivity contribution in [3.8, 4) is 0 Å². The fourth-order valence-corrected chi connectivity index (χ4v) is 2.80. The summed E-state index contributed by atoms with van der Waals surface area (Å²) in [7, 11) is -3.70. The van der Waals surface area contributed by atoms with E-state index in [9.17, 15) is 13.5 Å². The van der Waals surface area contributed by atoms with Crippen molar-refractivity contribution < 1.29 is 13.5 Å². The van der Waals surface area contributed by atoms with Gasteiger partial charge in [0.25, 0.3) is 0 Å². The average molecular weight is 271 g/mol. The first-order valence-corrected chi connectivity index (χ1v) is 7.66. The van der Waals surface area contributed by atoms with Crippen molar-refractivity contribution in [2.45, 2.75) is 31.6 Å². The summed E-state index contributed by atoms with van der Waals surface area (Å²) in [6.45, 7) is 4.16. The maximum absolute atomic E-state index is 11.5. The zero-order valence-electron chi connectivity index (χ0n) is 10.8. The van der Waals surface area contributed by atoms with E-state index >= 15 is 0 Å². The van der Waals surface area contributed by atoms with E-state index in [0.717, 1.165) is 6.42 Å². The zero-order valence-corrected chi connectivity index (χ0v) is 11.7. The zero-order chi connectivity index (χ0) is 13.8. The van der Waals surface area contributed by atoms with Gasteiger partial charge in [-0.25, -0.2) is 13.6 Å². The fraction of sp³-hybridized carbons (Fsp3) is 0.538. The molecule has 0 aliphatic heterocycles. The van der Waals surface area contributed by atoms with Crippen LogP contribution in [0.1, 0.15) is 25.8 Å². The largest absolute Gasteiger partial charge is 0.396 e. The number of hydrogen-bond donors (Lipinski definition) is 2. The second-order valence-electron chi connectivity index (χ2n) is 4.69. The molecule has 0 radical (unpaired) electrons. The van der Waals surface area contributed by atoms with Crippen molar-refractivity contribution in [3.63, 3.8) is 0 Å². The lowest BCUT2D eigenvalue weighted by Crippen LogP contribution is -2.21. The smallest absolute Gasteiger partial charge is 0.238 e. The van der Waals surface area contributed by atoms with Gasteiger partial charge in [0.2, 0.25) is 10.0 Å². The Kier molecular flexibility index (Phi) is 5.31. The van der Waals surface area contributed by atoms with Gasteiger partial charge in [0.05, 0.1) is 4.90 Å². The summed E-state index contributed by atoms with van der Waals surface area (Å²) in [5.74, 6) is 0.390. The molecule has 1 rings (SSSR count). The Morgan fingerprint density at radius 2 is 1.94 bits per heavy atom.